The van der Waals surface area contributed by atoms with E-state index in [9.17, 15) is 10.1 Å². The molecule has 1 unspecified atom stereocenters. The van der Waals surface area contributed by atoms with Gasteiger partial charge in [0.1, 0.15) is 5.92 Å². The Morgan fingerprint density at radius 2 is 1.95 bits per heavy atom. The fourth-order valence-electron chi connectivity index (χ4n) is 1.64. The number of Topliss-reactive ketones (excluding diaryl/α,β-unsaturated/α-hetero) is 1. The molecule has 0 N–H and O–H groups in total. The zero-order valence-corrected chi connectivity index (χ0v) is 13.3. The average molecular weight is 375 g/mol. The van der Waals surface area contributed by atoms with E-state index in [1.165, 1.54) is 11.3 Å². The lowest BCUT2D eigenvalue weighted by atomic mass is 9.95. The van der Waals surface area contributed by atoms with Gasteiger partial charge in [0.05, 0.1) is 10.9 Å². The van der Waals surface area contributed by atoms with Crippen molar-refractivity contribution >= 4 is 56.3 Å². The van der Waals surface area contributed by atoms with Crippen LogP contribution in [-0.2, 0) is 0 Å². The minimum absolute atomic E-state index is 0.306. The Balaban J connectivity index is 2.50. The molecule has 0 fully saturated rings. The molecule has 2 nitrogen and oxygen atoms in total. The van der Waals surface area contributed by atoms with Gasteiger partial charge in [0.25, 0.3) is 0 Å². The monoisotopic (exact) mass is 373 g/mol. The number of halogens is 3. The minimum Gasteiger partial charge on any atom is -0.291 e. The number of thiophene rings is 1. The predicted octanol–water partition coefficient (Wildman–Crippen LogP) is 5.31. The average Bonchev–Trinajstić information content (AvgIpc) is 2.79. The molecule has 0 spiro atoms. The summed E-state index contributed by atoms with van der Waals surface area (Å²) < 4.78 is 0.672. The number of hydrogen-bond donors (Lipinski definition) is 0. The first-order valence-corrected chi connectivity index (χ1v) is 7.60. The van der Waals surface area contributed by atoms with Crippen molar-refractivity contribution in [2.24, 2.45) is 0 Å². The zero-order valence-electron chi connectivity index (χ0n) is 9.36. The van der Waals surface area contributed by atoms with Gasteiger partial charge in [0, 0.05) is 20.1 Å². The molecule has 0 saturated carbocycles. The second kappa shape index (κ2) is 6.06. The molecule has 2 rings (SSSR count). The topological polar surface area (TPSA) is 40.9 Å². The van der Waals surface area contributed by atoms with Crippen molar-refractivity contribution in [3.63, 3.8) is 0 Å². The molecule has 0 radical (unpaired) electrons. The highest BCUT2D eigenvalue weighted by molar-refractivity contribution is 9.10. The molecule has 1 atom stereocenters. The molecule has 0 aliphatic rings. The molecule has 1 aromatic heterocycles. The molecule has 6 heteroatoms. The molecule has 0 amide bonds. The van der Waals surface area contributed by atoms with E-state index in [4.69, 9.17) is 23.2 Å². The summed E-state index contributed by atoms with van der Waals surface area (Å²) in [6.45, 7) is 0. The maximum atomic E-state index is 12.4. The predicted molar refractivity (Wildman–Crippen MR) is 81.2 cm³/mol. The lowest BCUT2D eigenvalue weighted by Crippen LogP contribution is -2.11. The number of hydrogen-bond acceptors (Lipinski definition) is 3. The Morgan fingerprint density at radius 1 is 1.32 bits per heavy atom. The van der Waals surface area contributed by atoms with Crippen LogP contribution in [0.3, 0.4) is 0 Å². The van der Waals surface area contributed by atoms with Crippen LogP contribution in [0.5, 0.6) is 0 Å². The lowest BCUT2D eigenvalue weighted by Gasteiger charge is -2.11. The van der Waals surface area contributed by atoms with Crippen molar-refractivity contribution in [1.29, 1.82) is 5.26 Å². The molecule has 2 aromatic rings. The number of nitrogens with zero attached hydrogens (tertiary/aromatic N) is 1. The van der Waals surface area contributed by atoms with Crippen LogP contribution in [0.1, 0.15) is 21.2 Å². The van der Waals surface area contributed by atoms with Crippen LogP contribution in [0, 0.1) is 11.3 Å². The third-order valence-electron chi connectivity index (χ3n) is 2.52. The highest BCUT2D eigenvalue weighted by atomic mass is 79.9. The summed E-state index contributed by atoms with van der Waals surface area (Å²) in [5.74, 6) is -1.31. The number of carbonyl (C=O) groups excluding carboxylic acids is 1. The van der Waals surface area contributed by atoms with E-state index in [1.807, 2.05) is 6.07 Å². The van der Waals surface area contributed by atoms with E-state index in [0.717, 1.165) is 0 Å². The van der Waals surface area contributed by atoms with Gasteiger partial charge in [-0.15, -0.1) is 11.3 Å². The standard InChI is InChI=1S/C13H6BrCl2NOS/c14-8-4-5-19-13(8)12(18)7(6-17)11-9(15)2-1-3-10(11)16/h1-5,7H. The molecule has 1 aromatic carbocycles. The van der Waals surface area contributed by atoms with Crippen molar-refractivity contribution in [2.45, 2.75) is 5.92 Å². The number of rotatable bonds is 3. The first kappa shape index (κ1) is 14.5. The zero-order chi connectivity index (χ0) is 14.0. The highest BCUT2D eigenvalue weighted by Gasteiger charge is 2.28. The van der Waals surface area contributed by atoms with Gasteiger partial charge in [-0.05, 0) is 39.5 Å². The maximum Gasteiger partial charge on any atom is 0.195 e. The van der Waals surface area contributed by atoms with Gasteiger partial charge in [-0.25, -0.2) is 0 Å². The van der Waals surface area contributed by atoms with Crippen molar-refractivity contribution < 1.29 is 4.79 Å². The summed E-state index contributed by atoms with van der Waals surface area (Å²) in [6.07, 6.45) is 0. The summed E-state index contributed by atoms with van der Waals surface area (Å²) in [6, 6.07) is 8.65. The lowest BCUT2D eigenvalue weighted by molar-refractivity contribution is 0.0982. The van der Waals surface area contributed by atoms with E-state index < -0.39 is 5.92 Å². The van der Waals surface area contributed by atoms with E-state index >= 15 is 0 Å². The molecule has 0 aliphatic carbocycles. The third-order valence-corrected chi connectivity index (χ3v) is 5.03. The van der Waals surface area contributed by atoms with Crippen molar-refractivity contribution in [2.75, 3.05) is 0 Å². The third kappa shape index (κ3) is 2.85. The molecule has 0 bridgehead atoms. The SMILES string of the molecule is N#CC(C(=O)c1sccc1Br)c1c(Cl)cccc1Cl. The van der Waals surface area contributed by atoms with Crippen molar-refractivity contribution in [1.82, 2.24) is 0 Å². The van der Waals surface area contributed by atoms with Gasteiger partial charge in [-0.3, -0.25) is 4.79 Å². The van der Waals surface area contributed by atoms with Crippen molar-refractivity contribution in [3.8, 4) is 6.07 Å². The van der Waals surface area contributed by atoms with Crippen LogP contribution < -0.4 is 0 Å². The Labute approximate surface area is 132 Å². The van der Waals surface area contributed by atoms with Gasteiger partial charge < -0.3 is 0 Å². The van der Waals surface area contributed by atoms with Gasteiger partial charge in [-0.1, -0.05) is 29.3 Å². The first-order valence-electron chi connectivity index (χ1n) is 5.17. The molecule has 19 heavy (non-hydrogen) atoms. The van der Waals surface area contributed by atoms with Crippen LogP contribution in [-0.4, -0.2) is 5.78 Å². The summed E-state index contributed by atoms with van der Waals surface area (Å²) >= 11 is 16.7. The quantitative estimate of drug-likeness (QED) is 0.683. The first-order chi connectivity index (χ1) is 9.06. The van der Waals surface area contributed by atoms with Crippen LogP contribution in [0.4, 0.5) is 0 Å². The van der Waals surface area contributed by atoms with Gasteiger partial charge in [-0.2, -0.15) is 5.26 Å². The highest BCUT2D eigenvalue weighted by Crippen LogP contribution is 2.35. The Morgan fingerprint density at radius 3 is 2.42 bits per heavy atom. The van der Waals surface area contributed by atoms with E-state index in [1.54, 1.807) is 29.6 Å². The van der Waals surface area contributed by atoms with Gasteiger partial charge >= 0.3 is 0 Å². The Kier molecular flexibility index (Phi) is 4.64. The van der Waals surface area contributed by atoms with E-state index in [0.29, 0.717) is 25.0 Å². The molecule has 96 valence electrons. The number of benzene rings is 1. The van der Waals surface area contributed by atoms with E-state index in [-0.39, 0.29) is 5.78 Å². The minimum atomic E-state index is -1.00. The van der Waals surface area contributed by atoms with Gasteiger partial charge in [0.2, 0.25) is 0 Å². The number of nitriles is 1. The maximum absolute atomic E-state index is 12.4. The molecular weight excluding hydrogens is 369 g/mol. The number of carbonyl (C=O) groups is 1. The normalized spacial score (nSPS) is 11.9. The number of ketones is 1. The van der Waals surface area contributed by atoms with Crippen LogP contribution >= 0.6 is 50.5 Å². The molecule has 0 saturated heterocycles. The second-order valence-corrected chi connectivity index (χ2v) is 6.24. The second-order valence-electron chi connectivity index (χ2n) is 3.66. The summed E-state index contributed by atoms with van der Waals surface area (Å²) in [5, 5.41) is 11.7. The van der Waals surface area contributed by atoms with Crippen LogP contribution in [0.15, 0.2) is 34.1 Å². The Bertz CT molecular complexity index is 657. The molecular formula is C13H6BrCl2NOS. The van der Waals surface area contributed by atoms with E-state index in [2.05, 4.69) is 15.9 Å². The fraction of sp³-hybridized carbons (Fsp3) is 0.0769. The Hall–Kier alpha value is -0.860. The largest absolute Gasteiger partial charge is 0.291 e. The summed E-state index contributed by atoms with van der Waals surface area (Å²) in [7, 11) is 0. The summed E-state index contributed by atoms with van der Waals surface area (Å²) in [4.78, 5) is 12.9. The fourth-order valence-corrected chi connectivity index (χ4v) is 3.79. The van der Waals surface area contributed by atoms with Gasteiger partial charge in [0.15, 0.2) is 5.78 Å². The molecule has 0 aliphatic heterocycles. The van der Waals surface area contributed by atoms with Crippen LogP contribution in [0.2, 0.25) is 10.0 Å². The smallest absolute Gasteiger partial charge is 0.195 e. The summed E-state index contributed by atoms with van der Waals surface area (Å²) in [5.41, 5.74) is 0.360. The van der Waals surface area contributed by atoms with Crippen molar-refractivity contribution in [3.05, 3.63) is 54.6 Å². The van der Waals surface area contributed by atoms with Crippen LogP contribution in [0.25, 0.3) is 0 Å². The molecule has 1 heterocycles.